The number of carbonyl (C=O) groups excluding carboxylic acids is 1. The fraction of sp³-hybridized carbons (Fsp3) is 0.133. The van der Waals surface area contributed by atoms with Gasteiger partial charge in [-0.15, -0.1) is 0 Å². The van der Waals surface area contributed by atoms with Crippen molar-refractivity contribution in [3.63, 3.8) is 0 Å². The molecular weight excluding hydrogens is 421 g/mol. The van der Waals surface area contributed by atoms with Gasteiger partial charge in [0.25, 0.3) is 5.91 Å². The van der Waals surface area contributed by atoms with E-state index in [-0.39, 0.29) is 12.5 Å². The van der Waals surface area contributed by atoms with Gasteiger partial charge >= 0.3 is 0 Å². The molecule has 0 atom stereocenters. The van der Waals surface area contributed by atoms with Crippen LogP contribution in [-0.2, 0) is 4.79 Å². The number of aryl methyl sites for hydroxylation is 1. The van der Waals surface area contributed by atoms with Crippen molar-refractivity contribution in [2.45, 2.75) is 6.92 Å². The van der Waals surface area contributed by atoms with Crippen molar-refractivity contribution in [2.75, 3.05) is 11.9 Å². The number of rotatable bonds is 4. The minimum absolute atomic E-state index is 0.0758. The van der Waals surface area contributed by atoms with Crippen LogP contribution in [0.3, 0.4) is 0 Å². The first-order valence-electron chi connectivity index (χ1n) is 6.09. The molecule has 110 valence electrons. The second kappa shape index (κ2) is 7.29. The standard InChI is InChI=1S/C15H12Br2ClNO2/c1-9-5-10(16)6-13(17)15(9)21-8-14(20)19-12-4-2-3-11(18)7-12/h2-7H,8H2,1H3,(H,19,20). The molecule has 3 nitrogen and oxygen atoms in total. The topological polar surface area (TPSA) is 38.3 Å². The molecule has 21 heavy (non-hydrogen) atoms. The molecule has 0 spiro atoms. The summed E-state index contributed by atoms with van der Waals surface area (Å²) >= 11 is 12.7. The number of benzene rings is 2. The maximum Gasteiger partial charge on any atom is 0.262 e. The van der Waals surface area contributed by atoms with Crippen molar-refractivity contribution >= 4 is 55.1 Å². The van der Waals surface area contributed by atoms with E-state index >= 15 is 0 Å². The highest BCUT2D eigenvalue weighted by Gasteiger charge is 2.10. The molecule has 1 amide bonds. The number of halogens is 3. The van der Waals surface area contributed by atoms with Gasteiger partial charge in [0.2, 0.25) is 0 Å². The van der Waals surface area contributed by atoms with Crippen LogP contribution in [0.5, 0.6) is 5.75 Å². The Morgan fingerprint density at radius 2 is 2.05 bits per heavy atom. The highest BCUT2D eigenvalue weighted by molar-refractivity contribution is 9.11. The fourth-order valence-corrected chi connectivity index (χ4v) is 3.52. The normalized spacial score (nSPS) is 10.3. The van der Waals surface area contributed by atoms with E-state index in [0.29, 0.717) is 16.5 Å². The summed E-state index contributed by atoms with van der Waals surface area (Å²) in [6, 6.07) is 10.8. The lowest BCUT2D eigenvalue weighted by atomic mass is 10.2. The monoisotopic (exact) mass is 431 g/mol. The van der Waals surface area contributed by atoms with Crippen molar-refractivity contribution < 1.29 is 9.53 Å². The molecular formula is C15H12Br2ClNO2. The SMILES string of the molecule is Cc1cc(Br)cc(Br)c1OCC(=O)Nc1cccc(Cl)c1. The van der Waals surface area contributed by atoms with Gasteiger partial charge in [-0.05, 0) is 58.7 Å². The van der Waals surface area contributed by atoms with E-state index in [4.69, 9.17) is 16.3 Å². The first-order chi connectivity index (χ1) is 9.95. The van der Waals surface area contributed by atoms with Gasteiger partial charge in [0.1, 0.15) is 5.75 Å². The van der Waals surface area contributed by atoms with Crippen LogP contribution in [-0.4, -0.2) is 12.5 Å². The Morgan fingerprint density at radius 1 is 1.29 bits per heavy atom. The third kappa shape index (κ3) is 4.73. The predicted molar refractivity (Wildman–Crippen MR) is 92.2 cm³/mol. The number of hydrogen-bond donors (Lipinski definition) is 1. The van der Waals surface area contributed by atoms with Crippen LogP contribution in [0.1, 0.15) is 5.56 Å². The molecule has 2 aromatic carbocycles. The van der Waals surface area contributed by atoms with Gasteiger partial charge in [-0.3, -0.25) is 4.79 Å². The molecule has 0 unspecified atom stereocenters. The van der Waals surface area contributed by atoms with Crippen molar-refractivity contribution in [3.05, 3.63) is 55.9 Å². The largest absolute Gasteiger partial charge is 0.482 e. The Balaban J connectivity index is 1.99. The van der Waals surface area contributed by atoms with Gasteiger partial charge in [-0.2, -0.15) is 0 Å². The fourth-order valence-electron chi connectivity index (χ4n) is 1.77. The lowest BCUT2D eigenvalue weighted by Gasteiger charge is -2.12. The molecule has 0 fully saturated rings. The van der Waals surface area contributed by atoms with Crippen molar-refractivity contribution in [2.24, 2.45) is 0 Å². The zero-order valence-electron chi connectivity index (χ0n) is 11.1. The van der Waals surface area contributed by atoms with Crippen LogP contribution in [0, 0.1) is 6.92 Å². The minimum Gasteiger partial charge on any atom is -0.482 e. The number of amides is 1. The van der Waals surface area contributed by atoms with E-state index in [1.165, 1.54) is 0 Å². The Labute approximate surface area is 144 Å². The van der Waals surface area contributed by atoms with Gasteiger partial charge in [0, 0.05) is 15.2 Å². The molecule has 0 radical (unpaired) electrons. The van der Waals surface area contributed by atoms with Crippen molar-refractivity contribution in [1.29, 1.82) is 0 Å². The van der Waals surface area contributed by atoms with Crippen molar-refractivity contribution in [1.82, 2.24) is 0 Å². The molecule has 0 saturated heterocycles. The molecule has 0 bridgehead atoms. The van der Waals surface area contributed by atoms with Crippen LogP contribution >= 0.6 is 43.5 Å². The van der Waals surface area contributed by atoms with Crippen molar-refractivity contribution in [3.8, 4) is 5.75 Å². The van der Waals surface area contributed by atoms with Crippen LogP contribution in [0.25, 0.3) is 0 Å². The number of anilines is 1. The third-order valence-electron chi connectivity index (χ3n) is 2.65. The average Bonchev–Trinajstić information content (AvgIpc) is 2.37. The molecule has 0 heterocycles. The Bertz CT molecular complexity index is 653. The van der Waals surface area contributed by atoms with Gasteiger partial charge in [0.05, 0.1) is 4.47 Å². The Morgan fingerprint density at radius 3 is 2.71 bits per heavy atom. The van der Waals surface area contributed by atoms with Gasteiger partial charge in [0.15, 0.2) is 6.61 Å². The van der Waals surface area contributed by atoms with Gasteiger partial charge in [-0.25, -0.2) is 0 Å². The quantitative estimate of drug-likeness (QED) is 0.721. The number of hydrogen-bond acceptors (Lipinski definition) is 2. The Kier molecular flexibility index (Phi) is 5.67. The first-order valence-corrected chi connectivity index (χ1v) is 8.06. The van der Waals surface area contributed by atoms with Gasteiger partial charge in [-0.1, -0.05) is 33.6 Å². The van der Waals surface area contributed by atoms with Gasteiger partial charge < -0.3 is 10.1 Å². The lowest BCUT2D eigenvalue weighted by molar-refractivity contribution is -0.118. The molecule has 2 rings (SSSR count). The predicted octanol–water partition coefficient (Wildman–Crippen LogP) is 5.19. The maximum atomic E-state index is 11.9. The van der Waals surface area contributed by atoms with E-state index in [1.807, 2.05) is 19.1 Å². The van der Waals surface area contributed by atoms with E-state index in [2.05, 4.69) is 37.2 Å². The molecule has 0 saturated carbocycles. The third-order valence-corrected chi connectivity index (χ3v) is 3.93. The summed E-state index contributed by atoms with van der Waals surface area (Å²) in [5.41, 5.74) is 1.58. The highest BCUT2D eigenvalue weighted by atomic mass is 79.9. The second-order valence-electron chi connectivity index (χ2n) is 4.38. The van der Waals surface area contributed by atoms with Crippen LogP contribution < -0.4 is 10.1 Å². The first kappa shape index (κ1) is 16.3. The maximum absolute atomic E-state index is 11.9. The molecule has 0 aliphatic heterocycles. The number of nitrogens with one attached hydrogen (secondary N) is 1. The molecule has 0 aliphatic carbocycles. The summed E-state index contributed by atoms with van der Waals surface area (Å²) < 4.78 is 7.32. The summed E-state index contributed by atoms with van der Waals surface area (Å²) in [7, 11) is 0. The van der Waals surface area contributed by atoms with E-state index < -0.39 is 0 Å². The highest BCUT2D eigenvalue weighted by Crippen LogP contribution is 2.32. The van der Waals surface area contributed by atoms with Crippen LogP contribution in [0.4, 0.5) is 5.69 Å². The summed E-state index contributed by atoms with van der Waals surface area (Å²) in [5.74, 6) is 0.408. The van der Waals surface area contributed by atoms with Crippen LogP contribution in [0.2, 0.25) is 5.02 Å². The molecule has 1 N–H and O–H groups in total. The molecule has 0 aromatic heterocycles. The minimum atomic E-state index is -0.244. The summed E-state index contributed by atoms with van der Waals surface area (Å²) in [4.78, 5) is 11.9. The summed E-state index contributed by atoms with van der Waals surface area (Å²) in [6.07, 6.45) is 0. The summed E-state index contributed by atoms with van der Waals surface area (Å²) in [5, 5.41) is 3.30. The smallest absolute Gasteiger partial charge is 0.262 e. The molecule has 0 aliphatic rings. The average molecular weight is 434 g/mol. The molecule has 6 heteroatoms. The zero-order valence-corrected chi connectivity index (χ0v) is 15.0. The lowest BCUT2D eigenvalue weighted by Crippen LogP contribution is -2.20. The Hall–Kier alpha value is -1.04. The summed E-state index contributed by atoms with van der Waals surface area (Å²) in [6.45, 7) is 1.84. The van der Waals surface area contributed by atoms with E-state index in [0.717, 1.165) is 14.5 Å². The number of ether oxygens (including phenoxy) is 1. The zero-order chi connectivity index (χ0) is 15.4. The van der Waals surface area contributed by atoms with E-state index in [9.17, 15) is 4.79 Å². The second-order valence-corrected chi connectivity index (χ2v) is 6.59. The van der Waals surface area contributed by atoms with Crippen LogP contribution in [0.15, 0.2) is 45.3 Å². The number of carbonyl (C=O) groups is 1. The van der Waals surface area contributed by atoms with E-state index in [1.54, 1.807) is 24.3 Å². The molecule has 2 aromatic rings.